The Hall–Kier alpha value is -1.56. The van der Waals surface area contributed by atoms with Gasteiger partial charge in [-0.2, -0.15) is 9.97 Å². The summed E-state index contributed by atoms with van der Waals surface area (Å²) >= 11 is 3.20. The van der Waals surface area contributed by atoms with Crippen molar-refractivity contribution in [2.45, 2.75) is 6.92 Å². The number of halogens is 2. The van der Waals surface area contributed by atoms with E-state index in [4.69, 9.17) is 5.73 Å². The smallest absolute Gasteiger partial charge is 0.223 e. The summed E-state index contributed by atoms with van der Waals surface area (Å²) in [6, 6.07) is 4.43. The molecule has 0 amide bonds. The molecule has 16 heavy (non-hydrogen) atoms. The molecule has 4 nitrogen and oxygen atoms in total. The average Bonchev–Trinajstić information content (AvgIpc) is 2.14. The van der Waals surface area contributed by atoms with Crippen LogP contribution in [-0.4, -0.2) is 15.0 Å². The molecule has 0 aliphatic heterocycles. The summed E-state index contributed by atoms with van der Waals surface area (Å²) < 4.78 is 13.8. The van der Waals surface area contributed by atoms with E-state index in [0.717, 1.165) is 0 Å². The molecule has 0 atom stereocenters. The van der Waals surface area contributed by atoms with Crippen molar-refractivity contribution in [3.8, 4) is 11.4 Å². The molecule has 1 heterocycles. The van der Waals surface area contributed by atoms with E-state index in [1.54, 1.807) is 13.0 Å². The molecule has 0 saturated heterocycles. The van der Waals surface area contributed by atoms with Gasteiger partial charge < -0.3 is 5.73 Å². The number of nitrogens with two attached hydrogens (primary N) is 1. The number of benzene rings is 1. The Labute approximate surface area is 99.9 Å². The molecule has 0 spiro atoms. The van der Waals surface area contributed by atoms with Crippen molar-refractivity contribution in [2.75, 3.05) is 5.73 Å². The monoisotopic (exact) mass is 282 g/mol. The van der Waals surface area contributed by atoms with Crippen LogP contribution in [0.4, 0.5) is 10.3 Å². The van der Waals surface area contributed by atoms with Crippen molar-refractivity contribution >= 4 is 21.9 Å². The third-order valence-electron chi connectivity index (χ3n) is 1.89. The number of anilines is 1. The van der Waals surface area contributed by atoms with E-state index in [1.165, 1.54) is 12.1 Å². The highest BCUT2D eigenvalue weighted by molar-refractivity contribution is 9.10. The summed E-state index contributed by atoms with van der Waals surface area (Å²) in [6.45, 7) is 1.70. The van der Waals surface area contributed by atoms with Crippen LogP contribution >= 0.6 is 15.9 Å². The van der Waals surface area contributed by atoms with Gasteiger partial charge in [0.25, 0.3) is 0 Å². The van der Waals surface area contributed by atoms with E-state index in [9.17, 15) is 4.39 Å². The number of hydrogen-bond acceptors (Lipinski definition) is 4. The summed E-state index contributed by atoms with van der Waals surface area (Å²) in [5.41, 5.74) is 6.06. The second kappa shape index (κ2) is 4.13. The molecule has 6 heteroatoms. The third kappa shape index (κ3) is 2.33. The number of nitrogen functional groups attached to an aromatic ring is 1. The topological polar surface area (TPSA) is 64.7 Å². The number of rotatable bonds is 1. The van der Waals surface area contributed by atoms with Gasteiger partial charge in [0.2, 0.25) is 5.95 Å². The predicted molar refractivity (Wildman–Crippen MR) is 62.1 cm³/mol. The minimum absolute atomic E-state index is 0.128. The summed E-state index contributed by atoms with van der Waals surface area (Å²) in [5, 5.41) is 0. The van der Waals surface area contributed by atoms with Gasteiger partial charge in [-0.25, -0.2) is 9.37 Å². The Morgan fingerprint density at radius 3 is 2.56 bits per heavy atom. The van der Waals surface area contributed by atoms with Gasteiger partial charge in [-0.1, -0.05) is 15.9 Å². The van der Waals surface area contributed by atoms with E-state index in [1.807, 2.05) is 0 Å². The van der Waals surface area contributed by atoms with E-state index >= 15 is 0 Å². The number of aryl methyl sites for hydroxylation is 1. The van der Waals surface area contributed by atoms with Gasteiger partial charge in [0.1, 0.15) is 11.6 Å². The molecule has 1 aromatic heterocycles. The second-order valence-electron chi connectivity index (χ2n) is 3.22. The SMILES string of the molecule is Cc1nc(N)nc(-c2cc(F)cc(Br)c2)n1. The van der Waals surface area contributed by atoms with Crippen molar-refractivity contribution < 1.29 is 4.39 Å². The highest BCUT2D eigenvalue weighted by Crippen LogP contribution is 2.22. The molecule has 2 aromatic rings. The summed E-state index contributed by atoms with van der Waals surface area (Å²) in [5.74, 6) is 0.636. The van der Waals surface area contributed by atoms with Crippen molar-refractivity contribution in [1.82, 2.24) is 15.0 Å². The number of hydrogen-bond donors (Lipinski definition) is 1. The quantitative estimate of drug-likeness (QED) is 0.872. The van der Waals surface area contributed by atoms with Crippen LogP contribution in [0.3, 0.4) is 0 Å². The van der Waals surface area contributed by atoms with E-state index in [2.05, 4.69) is 30.9 Å². The first kappa shape index (κ1) is 10.9. The molecule has 0 fully saturated rings. The summed E-state index contributed by atoms with van der Waals surface area (Å²) in [7, 11) is 0. The number of nitrogens with zero attached hydrogens (tertiary/aromatic N) is 3. The van der Waals surface area contributed by atoms with Crippen molar-refractivity contribution in [2.24, 2.45) is 0 Å². The molecule has 0 aliphatic rings. The lowest BCUT2D eigenvalue weighted by Gasteiger charge is -2.03. The zero-order chi connectivity index (χ0) is 11.7. The first-order valence-corrected chi connectivity index (χ1v) is 5.28. The van der Waals surface area contributed by atoms with E-state index in [0.29, 0.717) is 21.7 Å². The van der Waals surface area contributed by atoms with Crippen LogP contribution in [-0.2, 0) is 0 Å². The lowest BCUT2D eigenvalue weighted by molar-refractivity contribution is 0.627. The standard InChI is InChI=1S/C10H8BrFN4/c1-5-14-9(16-10(13)15-5)6-2-7(11)4-8(12)3-6/h2-4H,1H3,(H2,13,14,15,16). The minimum atomic E-state index is -0.360. The van der Waals surface area contributed by atoms with Crippen LogP contribution < -0.4 is 5.73 Å². The molecule has 2 N–H and O–H groups in total. The van der Waals surface area contributed by atoms with Crippen molar-refractivity contribution in [3.63, 3.8) is 0 Å². The number of aromatic nitrogens is 3. The Balaban J connectivity index is 2.57. The fraction of sp³-hybridized carbons (Fsp3) is 0.100. The summed E-state index contributed by atoms with van der Waals surface area (Å²) in [6.07, 6.45) is 0. The van der Waals surface area contributed by atoms with Crippen LogP contribution in [0.15, 0.2) is 22.7 Å². The zero-order valence-corrected chi connectivity index (χ0v) is 9.99. The van der Waals surface area contributed by atoms with Crippen LogP contribution in [0.2, 0.25) is 0 Å². The predicted octanol–water partition coefficient (Wildman–Crippen LogP) is 2.33. The minimum Gasteiger partial charge on any atom is -0.368 e. The molecular formula is C10H8BrFN4. The molecule has 1 aromatic carbocycles. The Bertz CT molecular complexity index is 454. The molecular weight excluding hydrogens is 275 g/mol. The van der Waals surface area contributed by atoms with Gasteiger partial charge in [-0.05, 0) is 25.1 Å². The molecule has 0 unspecified atom stereocenters. The normalized spacial score (nSPS) is 10.4. The Morgan fingerprint density at radius 2 is 1.94 bits per heavy atom. The fourth-order valence-corrected chi connectivity index (χ4v) is 1.78. The maximum atomic E-state index is 13.2. The fourth-order valence-electron chi connectivity index (χ4n) is 1.31. The van der Waals surface area contributed by atoms with Gasteiger partial charge in [0, 0.05) is 10.0 Å². The van der Waals surface area contributed by atoms with Gasteiger partial charge in [-0.15, -0.1) is 0 Å². The van der Waals surface area contributed by atoms with Gasteiger partial charge in [0.05, 0.1) is 0 Å². The van der Waals surface area contributed by atoms with Gasteiger partial charge in [0.15, 0.2) is 5.82 Å². The lowest BCUT2D eigenvalue weighted by atomic mass is 10.2. The maximum absolute atomic E-state index is 13.2. The van der Waals surface area contributed by atoms with Gasteiger partial charge in [-0.3, -0.25) is 0 Å². The summed E-state index contributed by atoms with van der Waals surface area (Å²) in [4.78, 5) is 11.9. The highest BCUT2D eigenvalue weighted by Gasteiger charge is 2.07. The van der Waals surface area contributed by atoms with E-state index in [-0.39, 0.29) is 11.8 Å². The van der Waals surface area contributed by atoms with Crippen LogP contribution in [0.1, 0.15) is 5.82 Å². The zero-order valence-electron chi connectivity index (χ0n) is 8.41. The maximum Gasteiger partial charge on any atom is 0.223 e. The Morgan fingerprint density at radius 1 is 1.19 bits per heavy atom. The first-order chi connectivity index (χ1) is 7.54. The Kier molecular flexibility index (Phi) is 2.82. The van der Waals surface area contributed by atoms with Crippen LogP contribution in [0.25, 0.3) is 11.4 Å². The van der Waals surface area contributed by atoms with Crippen LogP contribution in [0.5, 0.6) is 0 Å². The van der Waals surface area contributed by atoms with Crippen molar-refractivity contribution in [1.29, 1.82) is 0 Å². The molecule has 0 radical (unpaired) electrons. The molecule has 82 valence electrons. The average molecular weight is 283 g/mol. The molecule has 0 bridgehead atoms. The molecule has 0 aliphatic carbocycles. The molecule has 0 saturated carbocycles. The molecule has 2 rings (SSSR count). The van der Waals surface area contributed by atoms with E-state index < -0.39 is 0 Å². The first-order valence-electron chi connectivity index (χ1n) is 4.49. The third-order valence-corrected chi connectivity index (χ3v) is 2.34. The lowest BCUT2D eigenvalue weighted by Crippen LogP contribution is -2.02. The van der Waals surface area contributed by atoms with Gasteiger partial charge >= 0.3 is 0 Å². The largest absolute Gasteiger partial charge is 0.368 e. The van der Waals surface area contributed by atoms with Crippen molar-refractivity contribution in [3.05, 3.63) is 34.3 Å². The highest BCUT2D eigenvalue weighted by atomic mass is 79.9. The van der Waals surface area contributed by atoms with Crippen LogP contribution in [0, 0.1) is 12.7 Å². The second-order valence-corrected chi connectivity index (χ2v) is 4.14.